The third kappa shape index (κ3) is 6.09. The molecule has 0 saturated carbocycles. The molecule has 8 nitrogen and oxygen atoms in total. The minimum atomic E-state index is -1.36. The zero-order valence-electron chi connectivity index (χ0n) is 20.4. The normalized spacial score (nSPS) is 17.2. The van der Waals surface area contributed by atoms with Gasteiger partial charge in [0.15, 0.2) is 0 Å². The highest BCUT2D eigenvalue weighted by Crippen LogP contribution is 2.42. The molecule has 1 unspecified atom stereocenters. The average Bonchev–Trinajstić information content (AvgIpc) is 2.90. The fraction of sp³-hybridized carbons (Fsp3) is 0.286. The van der Waals surface area contributed by atoms with E-state index in [1.807, 2.05) is 24.3 Å². The van der Waals surface area contributed by atoms with Gasteiger partial charge in [-0.1, -0.05) is 29.3 Å². The summed E-state index contributed by atoms with van der Waals surface area (Å²) in [6.45, 7) is 1.99. The number of carbonyl (C=O) groups excluding carboxylic acids is 1. The van der Waals surface area contributed by atoms with Crippen molar-refractivity contribution in [2.75, 3.05) is 24.6 Å². The Morgan fingerprint density at radius 3 is 2.47 bits per heavy atom. The van der Waals surface area contributed by atoms with Gasteiger partial charge in [-0.05, 0) is 61.4 Å². The quantitative estimate of drug-likeness (QED) is 0.326. The van der Waals surface area contributed by atoms with Crippen LogP contribution >= 0.6 is 23.2 Å². The van der Waals surface area contributed by atoms with Gasteiger partial charge in [0.05, 0.1) is 11.6 Å². The van der Waals surface area contributed by atoms with Gasteiger partial charge in [0.2, 0.25) is 0 Å². The van der Waals surface area contributed by atoms with Crippen LogP contribution in [0.2, 0.25) is 10.0 Å². The molecule has 0 radical (unpaired) electrons. The number of benzene rings is 3. The van der Waals surface area contributed by atoms with Gasteiger partial charge in [-0.15, -0.1) is 0 Å². The maximum Gasteiger partial charge on any atom is 0.506 e. The molecule has 0 spiro atoms. The number of amides is 1. The zero-order valence-corrected chi connectivity index (χ0v) is 21.9. The first kappa shape index (κ1) is 26.0. The summed E-state index contributed by atoms with van der Waals surface area (Å²) >= 11 is 12.5. The molecule has 1 saturated heterocycles. The molecule has 2 aliphatic heterocycles. The minimum absolute atomic E-state index is 0.0945. The number of ether oxygens (including phenoxy) is 3. The molecule has 2 aliphatic rings. The lowest BCUT2D eigenvalue weighted by atomic mass is 10.0. The average molecular weight is 557 g/mol. The SMILES string of the molecule is O=C(O)OC1CCOc2cc(Oc3ccc(C(=O)NC4CCN(c5cccc(Cl)c5)CC4)cc3)c(Cl)cc21. The number of rotatable bonds is 6. The molecule has 2 heterocycles. The first-order valence-corrected chi connectivity index (χ1v) is 13.1. The number of carboxylic acid groups (broad SMARTS) is 1. The second kappa shape index (κ2) is 11.4. The number of hydrogen-bond acceptors (Lipinski definition) is 6. The molecule has 2 N–H and O–H groups in total. The summed E-state index contributed by atoms with van der Waals surface area (Å²) in [6.07, 6.45) is 0.0874. The van der Waals surface area contributed by atoms with Crippen molar-refractivity contribution in [2.24, 2.45) is 0 Å². The van der Waals surface area contributed by atoms with Gasteiger partial charge in [0, 0.05) is 53.5 Å². The van der Waals surface area contributed by atoms with Crippen molar-refractivity contribution in [3.63, 3.8) is 0 Å². The number of nitrogens with one attached hydrogen (secondary N) is 1. The van der Waals surface area contributed by atoms with Crippen LogP contribution in [-0.4, -0.2) is 42.9 Å². The number of anilines is 1. The highest BCUT2D eigenvalue weighted by molar-refractivity contribution is 6.32. The lowest BCUT2D eigenvalue weighted by molar-refractivity contribution is 0.0326. The van der Waals surface area contributed by atoms with Crippen LogP contribution in [0.4, 0.5) is 10.5 Å². The number of carbonyl (C=O) groups is 2. The molecular weight excluding hydrogens is 531 g/mol. The van der Waals surface area contributed by atoms with Crippen LogP contribution in [0, 0.1) is 0 Å². The maximum absolute atomic E-state index is 12.8. The fourth-order valence-electron chi connectivity index (χ4n) is 4.71. The molecule has 38 heavy (non-hydrogen) atoms. The zero-order chi connectivity index (χ0) is 26.6. The Balaban J connectivity index is 1.18. The van der Waals surface area contributed by atoms with Crippen LogP contribution in [0.5, 0.6) is 17.2 Å². The van der Waals surface area contributed by atoms with Crippen molar-refractivity contribution in [3.05, 3.63) is 81.8 Å². The molecule has 5 rings (SSSR count). The molecule has 3 aromatic carbocycles. The lowest BCUT2D eigenvalue weighted by Crippen LogP contribution is -2.44. The predicted octanol–water partition coefficient (Wildman–Crippen LogP) is 6.70. The van der Waals surface area contributed by atoms with Crippen molar-refractivity contribution in [2.45, 2.75) is 31.4 Å². The molecule has 10 heteroatoms. The third-order valence-electron chi connectivity index (χ3n) is 6.64. The van der Waals surface area contributed by atoms with E-state index in [0.717, 1.165) is 31.6 Å². The number of fused-ring (bicyclic) bond motifs is 1. The van der Waals surface area contributed by atoms with Crippen molar-refractivity contribution >= 4 is 41.0 Å². The van der Waals surface area contributed by atoms with E-state index < -0.39 is 12.3 Å². The van der Waals surface area contributed by atoms with E-state index in [-0.39, 0.29) is 11.9 Å². The van der Waals surface area contributed by atoms with Crippen LogP contribution in [0.15, 0.2) is 60.7 Å². The summed E-state index contributed by atoms with van der Waals surface area (Å²) in [5, 5.41) is 13.1. The van der Waals surface area contributed by atoms with Crippen molar-refractivity contribution in [1.29, 1.82) is 0 Å². The number of halogens is 2. The van der Waals surface area contributed by atoms with E-state index in [4.69, 9.17) is 42.5 Å². The van der Waals surface area contributed by atoms with Crippen molar-refractivity contribution < 1.29 is 28.9 Å². The summed E-state index contributed by atoms with van der Waals surface area (Å²) < 4.78 is 16.5. The number of piperidine rings is 1. The van der Waals surface area contributed by atoms with Gasteiger partial charge in [-0.2, -0.15) is 0 Å². The highest BCUT2D eigenvalue weighted by Gasteiger charge is 2.27. The van der Waals surface area contributed by atoms with Crippen LogP contribution < -0.4 is 19.7 Å². The fourth-order valence-corrected chi connectivity index (χ4v) is 5.10. The second-order valence-corrected chi connectivity index (χ2v) is 10.0. The van der Waals surface area contributed by atoms with E-state index in [2.05, 4.69) is 10.2 Å². The monoisotopic (exact) mass is 556 g/mol. The Kier molecular flexibility index (Phi) is 7.81. The van der Waals surface area contributed by atoms with Crippen molar-refractivity contribution in [1.82, 2.24) is 5.32 Å². The molecule has 0 aliphatic carbocycles. The van der Waals surface area contributed by atoms with Gasteiger partial charge in [-0.3, -0.25) is 4.79 Å². The van der Waals surface area contributed by atoms with E-state index in [9.17, 15) is 9.59 Å². The Bertz CT molecular complexity index is 1330. The summed E-state index contributed by atoms with van der Waals surface area (Å²) in [5.41, 5.74) is 2.18. The first-order valence-electron chi connectivity index (χ1n) is 12.3. The van der Waals surface area contributed by atoms with Gasteiger partial charge in [0.25, 0.3) is 5.91 Å². The smallest absolute Gasteiger partial charge is 0.493 e. The predicted molar refractivity (Wildman–Crippen MR) is 144 cm³/mol. The topological polar surface area (TPSA) is 97.3 Å². The van der Waals surface area contributed by atoms with Gasteiger partial charge in [0.1, 0.15) is 23.4 Å². The van der Waals surface area contributed by atoms with Crippen LogP contribution in [-0.2, 0) is 4.74 Å². The van der Waals surface area contributed by atoms with Crippen LogP contribution in [0.25, 0.3) is 0 Å². The first-order chi connectivity index (χ1) is 18.4. The van der Waals surface area contributed by atoms with E-state index in [1.165, 1.54) is 0 Å². The molecular formula is C28H26Cl2N2O6. The van der Waals surface area contributed by atoms with E-state index >= 15 is 0 Å². The number of hydrogen-bond donors (Lipinski definition) is 2. The Morgan fingerprint density at radius 1 is 1.00 bits per heavy atom. The summed E-state index contributed by atoms with van der Waals surface area (Å²) in [7, 11) is 0. The van der Waals surface area contributed by atoms with Gasteiger partial charge in [-0.25, -0.2) is 4.79 Å². The molecule has 3 aromatic rings. The number of nitrogens with zero attached hydrogens (tertiary/aromatic N) is 1. The van der Waals surface area contributed by atoms with Crippen LogP contribution in [0.3, 0.4) is 0 Å². The molecule has 198 valence electrons. The Labute approximate surface area is 230 Å². The summed E-state index contributed by atoms with van der Waals surface area (Å²) in [4.78, 5) is 26.1. The molecule has 1 amide bonds. The van der Waals surface area contributed by atoms with Crippen molar-refractivity contribution in [3.8, 4) is 17.2 Å². The summed E-state index contributed by atoms with van der Waals surface area (Å²) in [5.74, 6) is 1.17. The highest BCUT2D eigenvalue weighted by atomic mass is 35.5. The van der Waals surface area contributed by atoms with Crippen LogP contribution in [0.1, 0.15) is 41.3 Å². The standard InChI is InChI=1S/C28H26Cl2N2O6/c29-18-2-1-3-20(14-18)32-11-8-19(9-12-32)31-27(33)17-4-6-21(7-5-17)37-26-16-25-22(15-23(26)30)24(10-13-36-25)38-28(34)35/h1-7,14-16,19,24H,8-13H2,(H,31,33)(H,34,35). The largest absolute Gasteiger partial charge is 0.506 e. The summed E-state index contributed by atoms with van der Waals surface area (Å²) in [6, 6.07) is 17.9. The molecule has 0 aromatic heterocycles. The second-order valence-electron chi connectivity index (χ2n) is 9.17. The molecule has 1 fully saturated rings. The lowest BCUT2D eigenvalue weighted by Gasteiger charge is -2.34. The Morgan fingerprint density at radius 2 is 1.76 bits per heavy atom. The van der Waals surface area contributed by atoms with E-state index in [0.29, 0.717) is 51.4 Å². The minimum Gasteiger partial charge on any atom is -0.493 e. The molecule has 0 bridgehead atoms. The Hall–Kier alpha value is -3.62. The van der Waals surface area contributed by atoms with Gasteiger partial charge < -0.3 is 29.5 Å². The van der Waals surface area contributed by atoms with E-state index in [1.54, 1.807) is 36.4 Å². The van der Waals surface area contributed by atoms with Gasteiger partial charge >= 0.3 is 6.16 Å². The maximum atomic E-state index is 12.8. The molecule has 1 atom stereocenters. The third-order valence-corrected chi connectivity index (χ3v) is 7.17.